The van der Waals surface area contributed by atoms with Crippen LogP contribution in [0, 0.1) is 6.92 Å². The van der Waals surface area contributed by atoms with Crippen molar-refractivity contribution in [1.29, 1.82) is 0 Å². The van der Waals surface area contributed by atoms with Crippen LogP contribution in [0.3, 0.4) is 0 Å². The molecule has 7 nitrogen and oxygen atoms in total. The number of ether oxygens (including phenoxy) is 2. The first kappa shape index (κ1) is 22.7. The third kappa shape index (κ3) is 4.48. The lowest BCUT2D eigenvalue weighted by Crippen LogP contribution is -2.21. The van der Waals surface area contributed by atoms with E-state index in [0.717, 1.165) is 27.6 Å². The summed E-state index contributed by atoms with van der Waals surface area (Å²) in [6, 6.07) is 9.12. The highest BCUT2D eigenvalue weighted by Crippen LogP contribution is 2.35. The van der Waals surface area contributed by atoms with Crippen LogP contribution in [0.4, 0.5) is 14.5 Å². The first-order valence-corrected chi connectivity index (χ1v) is 11.7. The lowest BCUT2D eigenvalue weighted by atomic mass is 10.0. The molecule has 1 amide bonds. The van der Waals surface area contributed by atoms with E-state index in [0.29, 0.717) is 30.0 Å². The number of alkyl halides is 3. The third-order valence-corrected chi connectivity index (χ3v) is 6.24. The number of halogens is 3. The molecule has 11 heteroatoms. The van der Waals surface area contributed by atoms with Crippen molar-refractivity contribution in [2.24, 2.45) is 0 Å². The molecule has 2 aromatic heterocycles. The first-order chi connectivity index (χ1) is 16.2. The number of benzene rings is 2. The minimum atomic E-state index is -3.81. The Hall–Kier alpha value is -3.08. The molecule has 0 spiro atoms. The number of fused-ring (bicyclic) bond motifs is 3. The van der Waals surface area contributed by atoms with Crippen molar-refractivity contribution in [3.05, 3.63) is 58.2 Å². The van der Waals surface area contributed by atoms with E-state index < -0.39 is 5.57 Å². The Morgan fingerprint density at radius 2 is 2.06 bits per heavy atom. The van der Waals surface area contributed by atoms with E-state index >= 15 is 0 Å². The molecule has 1 N–H and O–H groups in total. The summed E-state index contributed by atoms with van der Waals surface area (Å²) in [4.78, 5) is 22.5. The fraction of sp³-hybridized carbons (Fsp3) is 0.261. The summed E-state index contributed by atoms with van der Waals surface area (Å²) in [6.07, 6.45) is 0. The molecule has 2 aromatic carbocycles. The number of thiazole rings is 1. The lowest BCUT2D eigenvalue weighted by Gasteiger charge is -2.23. The highest BCUT2D eigenvalue weighted by Gasteiger charge is 2.28. The highest BCUT2D eigenvalue weighted by molar-refractivity contribution is 7.09. The van der Waals surface area contributed by atoms with E-state index in [1.165, 1.54) is 35.6 Å². The molecule has 1 aliphatic heterocycles. The SMILES string of the molecule is Cc1nc(-c2cc(C(=O)Nc3ccc(OC(F)(F)Cl)cc3)cc3nc4n(c23)[C@H](C)COC4)cs1. The van der Waals surface area contributed by atoms with E-state index in [4.69, 9.17) is 21.3 Å². The van der Waals surface area contributed by atoms with Gasteiger partial charge in [0.05, 0.1) is 34.4 Å². The maximum atomic E-state index is 13.1. The molecular weight excluding hydrogens is 486 g/mol. The van der Waals surface area contributed by atoms with Crippen LogP contribution < -0.4 is 10.1 Å². The van der Waals surface area contributed by atoms with Crippen LogP contribution in [0.15, 0.2) is 41.8 Å². The number of rotatable bonds is 5. The molecule has 0 saturated heterocycles. The number of nitrogens with one attached hydrogen (secondary N) is 1. The molecular formula is C23H19ClF2N4O3S. The number of aromatic nitrogens is 3. The van der Waals surface area contributed by atoms with Gasteiger partial charge in [0.25, 0.3) is 5.91 Å². The van der Waals surface area contributed by atoms with E-state index in [2.05, 4.69) is 26.5 Å². The standard InChI is InChI=1S/C23H19ClF2N4O3S/c1-12-9-32-10-20-29-18-8-14(7-17(21(18)30(12)20)19-11-34-13(2)27-19)22(31)28-15-3-5-16(6-4-15)33-23(24,25)26/h3-8,11-12H,9-10H2,1-2H3,(H,28,31)/t12-/m1/s1. The van der Waals surface area contributed by atoms with Crippen molar-refractivity contribution in [2.75, 3.05) is 11.9 Å². The number of imidazole rings is 1. The van der Waals surface area contributed by atoms with Crippen LogP contribution in [0.2, 0.25) is 0 Å². The summed E-state index contributed by atoms with van der Waals surface area (Å²) in [7, 11) is 0. The molecule has 0 saturated carbocycles. The van der Waals surface area contributed by atoms with Crippen LogP contribution in [-0.2, 0) is 11.3 Å². The second-order valence-electron chi connectivity index (χ2n) is 7.93. The Bertz CT molecular complexity index is 1380. The number of aryl methyl sites for hydroxylation is 1. The number of nitrogens with zero attached hydrogens (tertiary/aromatic N) is 3. The van der Waals surface area contributed by atoms with E-state index in [-0.39, 0.29) is 17.7 Å². The third-order valence-electron chi connectivity index (χ3n) is 5.39. The highest BCUT2D eigenvalue weighted by atomic mass is 35.5. The molecule has 0 fully saturated rings. The fourth-order valence-electron chi connectivity index (χ4n) is 4.01. The summed E-state index contributed by atoms with van der Waals surface area (Å²) in [5.74, 6) is 0.299. The second kappa shape index (κ2) is 8.61. The van der Waals surface area contributed by atoms with Gasteiger partial charge in [-0.15, -0.1) is 20.1 Å². The van der Waals surface area contributed by atoms with Gasteiger partial charge in [-0.2, -0.15) is 0 Å². The van der Waals surface area contributed by atoms with Crippen LogP contribution in [0.1, 0.15) is 34.2 Å². The molecule has 0 unspecified atom stereocenters. The normalized spacial score (nSPS) is 15.9. The van der Waals surface area contributed by atoms with Gasteiger partial charge in [0, 0.05) is 33.8 Å². The number of hydrogen-bond donors (Lipinski definition) is 1. The first-order valence-electron chi connectivity index (χ1n) is 10.4. The molecule has 4 aromatic rings. The van der Waals surface area contributed by atoms with Crippen molar-refractivity contribution in [3.8, 4) is 17.0 Å². The number of hydrogen-bond acceptors (Lipinski definition) is 6. The zero-order valence-corrected chi connectivity index (χ0v) is 19.7. The Labute approximate surface area is 202 Å². The topological polar surface area (TPSA) is 78.3 Å². The molecule has 1 atom stereocenters. The Kier molecular flexibility index (Phi) is 5.75. The Morgan fingerprint density at radius 3 is 2.74 bits per heavy atom. The second-order valence-corrected chi connectivity index (χ2v) is 9.43. The number of carbonyl (C=O) groups is 1. The van der Waals surface area contributed by atoms with Gasteiger partial charge in [-0.25, -0.2) is 9.97 Å². The average Bonchev–Trinajstić information content (AvgIpc) is 3.37. The monoisotopic (exact) mass is 504 g/mol. The quantitative estimate of drug-likeness (QED) is 0.338. The summed E-state index contributed by atoms with van der Waals surface area (Å²) >= 11 is 6.32. The molecule has 3 heterocycles. The minimum Gasteiger partial charge on any atom is -0.420 e. The van der Waals surface area contributed by atoms with Crippen LogP contribution in [-0.4, -0.2) is 32.6 Å². The maximum Gasteiger partial charge on any atom is 0.487 e. The largest absolute Gasteiger partial charge is 0.487 e. The van der Waals surface area contributed by atoms with Crippen molar-refractivity contribution in [2.45, 2.75) is 32.1 Å². The van der Waals surface area contributed by atoms with Crippen molar-refractivity contribution in [1.82, 2.24) is 14.5 Å². The molecule has 34 heavy (non-hydrogen) atoms. The fourth-order valence-corrected chi connectivity index (χ4v) is 4.71. The number of carbonyl (C=O) groups excluding carboxylic acids is 1. The zero-order chi connectivity index (χ0) is 24.0. The predicted molar refractivity (Wildman–Crippen MR) is 126 cm³/mol. The number of amides is 1. The minimum absolute atomic E-state index is 0.0907. The molecule has 176 valence electrons. The van der Waals surface area contributed by atoms with Crippen LogP contribution in [0.25, 0.3) is 22.3 Å². The van der Waals surface area contributed by atoms with Crippen molar-refractivity contribution >= 4 is 45.6 Å². The zero-order valence-electron chi connectivity index (χ0n) is 18.1. The number of anilines is 1. The van der Waals surface area contributed by atoms with Gasteiger partial charge in [0.1, 0.15) is 18.2 Å². The van der Waals surface area contributed by atoms with Gasteiger partial charge in [0.15, 0.2) is 0 Å². The Morgan fingerprint density at radius 1 is 1.29 bits per heavy atom. The van der Waals surface area contributed by atoms with Gasteiger partial charge in [-0.3, -0.25) is 4.79 Å². The van der Waals surface area contributed by atoms with Crippen LogP contribution >= 0.6 is 22.9 Å². The molecule has 0 aliphatic carbocycles. The lowest BCUT2D eigenvalue weighted by molar-refractivity contribution is -0.0964. The Balaban J connectivity index is 1.52. The smallest absolute Gasteiger partial charge is 0.420 e. The summed E-state index contributed by atoms with van der Waals surface area (Å²) in [5.41, 5.74) is 0.165. The van der Waals surface area contributed by atoms with Gasteiger partial charge in [-0.1, -0.05) is 0 Å². The van der Waals surface area contributed by atoms with Crippen molar-refractivity contribution in [3.63, 3.8) is 0 Å². The van der Waals surface area contributed by atoms with E-state index in [1.54, 1.807) is 12.1 Å². The van der Waals surface area contributed by atoms with Crippen LogP contribution in [0.5, 0.6) is 5.75 Å². The van der Waals surface area contributed by atoms with Gasteiger partial charge in [-0.05, 0) is 50.2 Å². The molecule has 5 rings (SSSR count). The average molecular weight is 505 g/mol. The summed E-state index contributed by atoms with van der Waals surface area (Å²) in [5, 5.41) is 5.65. The van der Waals surface area contributed by atoms with Gasteiger partial charge >= 0.3 is 5.57 Å². The molecule has 0 bridgehead atoms. The maximum absolute atomic E-state index is 13.1. The predicted octanol–water partition coefficient (Wildman–Crippen LogP) is 5.98. The van der Waals surface area contributed by atoms with E-state index in [9.17, 15) is 13.6 Å². The summed E-state index contributed by atoms with van der Waals surface area (Å²) in [6.45, 7) is 4.96. The van der Waals surface area contributed by atoms with Gasteiger partial charge < -0.3 is 19.4 Å². The van der Waals surface area contributed by atoms with Crippen molar-refractivity contribution < 1.29 is 23.0 Å². The molecule has 0 radical (unpaired) electrons. The van der Waals surface area contributed by atoms with Gasteiger partial charge in [0.2, 0.25) is 0 Å². The molecule has 1 aliphatic rings. The summed E-state index contributed by atoms with van der Waals surface area (Å²) < 4.78 is 37.7. The van der Waals surface area contributed by atoms with E-state index in [1.807, 2.05) is 12.3 Å².